The summed E-state index contributed by atoms with van der Waals surface area (Å²) in [6.07, 6.45) is 3.88. The lowest BCUT2D eigenvalue weighted by atomic mass is 9.94. The Balaban J connectivity index is 1.76. The summed E-state index contributed by atoms with van der Waals surface area (Å²) in [7, 11) is 0. The van der Waals surface area contributed by atoms with Gasteiger partial charge in [-0.3, -0.25) is 9.78 Å². The van der Waals surface area contributed by atoms with Crippen LogP contribution >= 0.6 is 11.8 Å². The number of hydrogen-bond donors (Lipinski definition) is 2. The van der Waals surface area contributed by atoms with Gasteiger partial charge >= 0.3 is 0 Å². The van der Waals surface area contributed by atoms with Gasteiger partial charge in [-0.25, -0.2) is 14.4 Å². The lowest BCUT2D eigenvalue weighted by Gasteiger charge is -2.28. The average molecular weight is 383 g/mol. The molecule has 138 valence electrons. The number of nitrogens with zero attached hydrogens (tertiary/aromatic N) is 3. The molecule has 0 aromatic carbocycles. The van der Waals surface area contributed by atoms with E-state index in [1.54, 1.807) is 30.5 Å². The van der Waals surface area contributed by atoms with Gasteiger partial charge in [-0.05, 0) is 37.6 Å². The first-order chi connectivity index (χ1) is 13.0. The Morgan fingerprint density at radius 3 is 2.96 bits per heavy atom. The van der Waals surface area contributed by atoms with E-state index in [1.165, 1.54) is 18.0 Å². The summed E-state index contributed by atoms with van der Waals surface area (Å²) in [5.74, 6) is 5.43. The Hall–Kier alpha value is -2.92. The second kappa shape index (κ2) is 8.18. The van der Waals surface area contributed by atoms with Crippen LogP contribution in [-0.2, 0) is 5.54 Å². The first-order valence-corrected chi connectivity index (χ1v) is 9.26. The van der Waals surface area contributed by atoms with Crippen LogP contribution in [-0.4, -0.2) is 33.5 Å². The molecule has 2 aromatic heterocycles. The van der Waals surface area contributed by atoms with Crippen LogP contribution in [0.15, 0.2) is 41.7 Å². The van der Waals surface area contributed by atoms with Gasteiger partial charge in [0.2, 0.25) is 0 Å². The molecule has 27 heavy (non-hydrogen) atoms. The zero-order valence-electron chi connectivity index (χ0n) is 14.7. The lowest BCUT2D eigenvalue weighted by Crippen LogP contribution is -2.29. The van der Waals surface area contributed by atoms with Gasteiger partial charge in [0.1, 0.15) is 11.2 Å². The van der Waals surface area contributed by atoms with Crippen LogP contribution in [0.5, 0.6) is 0 Å². The van der Waals surface area contributed by atoms with Crippen molar-refractivity contribution >= 4 is 28.5 Å². The number of alkyl halides is 1. The second-order valence-corrected chi connectivity index (χ2v) is 7.19. The molecule has 1 aliphatic rings. The number of aromatic nitrogens is 2. The van der Waals surface area contributed by atoms with E-state index in [9.17, 15) is 9.18 Å². The van der Waals surface area contributed by atoms with E-state index < -0.39 is 12.2 Å². The third-order valence-corrected chi connectivity index (χ3v) is 4.86. The molecule has 0 saturated heterocycles. The molecule has 3 rings (SSSR count). The van der Waals surface area contributed by atoms with Crippen molar-refractivity contribution in [3.8, 4) is 11.8 Å². The SMILES string of the molecule is C[C@@]1(c2cc(NC(=O)c3ccc(C#CCF)cn3)ccn2)CCSC(N)=N1. The molecular formula is C19H18FN5OS. The molecule has 0 fully saturated rings. The van der Waals surface area contributed by atoms with Gasteiger partial charge in [0.25, 0.3) is 5.91 Å². The van der Waals surface area contributed by atoms with Crippen LogP contribution in [0.1, 0.15) is 35.1 Å². The predicted molar refractivity (Wildman–Crippen MR) is 105 cm³/mol. The molecular weight excluding hydrogens is 365 g/mol. The second-order valence-electron chi connectivity index (χ2n) is 6.07. The number of pyridine rings is 2. The van der Waals surface area contributed by atoms with Crippen LogP contribution in [0.25, 0.3) is 0 Å². The number of nitrogens with two attached hydrogens (primary N) is 1. The number of carbonyl (C=O) groups excluding carboxylic acids is 1. The molecule has 0 aliphatic carbocycles. The fourth-order valence-electron chi connectivity index (χ4n) is 2.61. The zero-order valence-corrected chi connectivity index (χ0v) is 15.5. The van der Waals surface area contributed by atoms with Crippen LogP contribution in [0.3, 0.4) is 0 Å². The highest BCUT2D eigenvalue weighted by molar-refractivity contribution is 8.13. The van der Waals surface area contributed by atoms with Crippen molar-refractivity contribution < 1.29 is 9.18 Å². The number of amidine groups is 1. The van der Waals surface area contributed by atoms with E-state index in [1.807, 2.05) is 6.92 Å². The molecule has 1 amide bonds. The molecule has 8 heteroatoms. The Morgan fingerprint density at radius 1 is 1.41 bits per heavy atom. The third-order valence-electron chi connectivity index (χ3n) is 4.06. The van der Waals surface area contributed by atoms with Gasteiger partial charge in [0, 0.05) is 29.4 Å². The van der Waals surface area contributed by atoms with E-state index >= 15 is 0 Å². The zero-order chi connectivity index (χ0) is 19.3. The summed E-state index contributed by atoms with van der Waals surface area (Å²) in [5.41, 5.74) is 7.48. The van der Waals surface area contributed by atoms with Crippen molar-refractivity contribution in [2.45, 2.75) is 18.9 Å². The molecule has 0 spiro atoms. The standard InChI is InChI=1S/C19H18FN5OS/c1-19(7-10-27-18(21)25-19)16-11-14(6-9-22-16)24-17(26)15-5-4-13(12-23-15)3-2-8-20/h4-6,9,11-12H,7-8,10H2,1H3,(H2,21,25)(H,22,24,26)/t19-/m0/s1. The van der Waals surface area contributed by atoms with Crippen molar-refractivity contribution in [2.75, 3.05) is 17.7 Å². The largest absolute Gasteiger partial charge is 0.379 e. The Kier molecular flexibility index (Phi) is 5.72. The predicted octanol–water partition coefficient (Wildman–Crippen LogP) is 2.72. The number of halogens is 1. The van der Waals surface area contributed by atoms with Crippen LogP contribution in [0.4, 0.5) is 10.1 Å². The fraction of sp³-hybridized carbons (Fsp3) is 0.263. The molecule has 0 radical (unpaired) electrons. The van der Waals surface area contributed by atoms with Gasteiger partial charge in [0.15, 0.2) is 11.8 Å². The number of hydrogen-bond acceptors (Lipinski definition) is 6. The van der Waals surface area contributed by atoms with Crippen LogP contribution in [0.2, 0.25) is 0 Å². The molecule has 2 aromatic rings. The summed E-state index contributed by atoms with van der Waals surface area (Å²) < 4.78 is 12.1. The summed E-state index contributed by atoms with van der Waals surface area (Å²) >= 11 is 1.52. The van der Waals surface area contributed by atoms with Gasteiger partial charge in [-0.2, -0.15) is 0 Å². The molecule has 0 unspecified atom stereocenters. The molecule has 0 saturated carbocycles. The molecule has 0 bridgehead atoms. The number of amides is 1. The average Bonchev–Trinajstić information content (AvgIpc) is 2.67. The summed E-state index contributed by atoms with van der Waals surface area (Å²) in [6, 6.07) is 6.67. The van der Waals surface area contributed by atoms with E-state index in [2.05, 4.69) is 32.1 Å². The Morgan fingerprint density at radius 2 is 2.26 bits per heavy atom. The summed E-state index contributed by atoms with van der Waals surface area (Å²) in [4.78, 5) is 25.4. The van der Waals surface area contributed by atoms with Gasteiger partial charge in [-0.15, -0.1) is 0 Å². The number of thioether (sulfide) groups is 1. The Labute approximate surface area is 160 Å². The monoisotopic (exact) mass is 383 g/mol. The highest BCUT2D eigenvalue weighted by Crippen LogP contribution is 2.34. The van der Waals surface area contributed by atoms with Crippen molar-refractivity contribution in [1.82, 2.24) is 9.97 Å². The Bertz CT molecular complexity index is 935. The maximum atomic E-state index is 12.4. The minimum absolute atomic E-state index is 0.238. The van der Waals surface area contributed by atoms with E-state index in [-0.39, 0.29) is 11.6 Å². The first kappa shape index (κ1) is 18.9. The maximum absolute atomic E-state index is 12.4. The fourth-order valence-corrected chi connectivity index (χ4v) is 3.58. The van der Waals surface area contributed by atoms with E-state index in [4.69, 9.17) is 5.73 Å². The molecule has 1 aliphatic heterocycles. The third kappa shape index (κ3) is 4.63. The van der Waals surface area contributed by atoms with Gasteiger partial charge in [-0.1, -0.05) is 23.6 Å². The number of anilines is 1. The van der Waals surface area contributed by atoms with Crippen molar-refractivity contribution in [3.05, 3.63) is 53.6 Å². The van der Waals surface area contributed by atoms with Crippen molar-refractivity contribution in [2.24, 2.45) is 10.7 Å². The summed E-state index contributed by atoms with van der Waals surface area (Å²) in [5, 5.41) is 3.35. The lowest BCUT2D eigenvalue weighted by molar-refractivity contribution is 0.102. The highest BCUT2D eigenvalue weighted by Gasteiger charge is 2.31. The van der Waals surface area contributed by atoms with Crippen LogP contribution in [0, 0.1) is 11.8 Å². The molecule has 6 nitrogen and oxygen atoms in total. The van der Waals surface area contributed by atoms with E-state index in [0.717, 1.165) is 17.9 Å². The number of aliphatic imine (C=N–C) groups is 1. The maximum Gasteiger partial charge on any atom is 0.274 e. The topological polar surface area (TPSA) is 93.3 Å². The molecule has 3 heterocycles. The van der Waals surface area contributed by atoms with Gasteiger partial charge in [0.05, 0.1) is 5.69 Å². The highest BCUT2D eigenvalue weighted by atomic mass is 32.2. The van der Waals surface area contributed by atoms with Gasteiger partial charge < -0.3 is 11.1 Å². The summed E-state index contributed by atoms with van der Waals surface area (Å²) in [6.45, 7) is 1.26. The normalized spacial score (nSPS) is 18.8. The number of rotatable bonds is 3. The first-order valence-electron chi connectivity index (χ1n) is 8.27. The van der Waals surface area contributed by atoms with E-state index in [0.29, 0.717) is 16.4 Å². The minimum atomic E-state index is -0.722. The number of carbonyl (C=O) groups is 1. The molecule has 3 N–H and O–H groups in total. The van der Waals surface area contributed by atoms with Crippen LogP contribution < -0.4 is 11.1 Å². The smallest absolute Gasteiger partial charge is 0.274 e. The quantitative estimate of drug-likeness (QED) is 0.795. The minimum Gasteiger partial charge on any atom is -0.379 e. The molecule has 1 atom stereocenters. The van der Waals surface area contributed by atoms with Crippen molar-refractivity contribution in [3.63, 3.8) is 0 Å². The van der Waals surface area contributed by atoms with Crippen molar-refractivity contribution in [1.29, 1.82) is 0 Å². The number of nitrogens with one attached hydrogen (secondary N) is 1.